The van der Waals surface area contributed by atoms with E-state index in [0.29, 0.717) is 14.7 Å². The third-order valence-corrected chi connectivity index (χ3v) is 2.74. The first-order valence-corrected chi connectivity index (χ1v) is 4.31. The molecule has 0 N–H and O–H groups in total. The Morgan fingerprint density at radius 1 is 1.33 bits per heavy atom. The predicted molar refractivity (Wildman–Crippen MR) is 37.5 cm³/mol. The van der Waals surface area contributed by atoms with Crippen LogP contribution in [-0.2, 0) is 0 Å². The van der Waals surface area contributed by atoms with Crippen LogP contribution in [0.3, 0.4) is 0 Å². The molecule has 0 fully saturated rings. The van der Waals surface area contributed by atoms with E-state index in [1.54, 1.807) is 0 Å². The van der Waals surface area contributed by atoms with Gasteiger partial charge in [0.25, 0.3) is 0 Å². The van der Waals surface area contributed by atoms with Crippen molar-refractivity contribution in [3.05, 3.63) is 30.5 Å². The summed E-state index contributed by atoms with van der Waals surface area (Å²) < 4.78 is 5.42. The van der Waals surface area contributed by atoms with Gasteiger partial charge in [0.1, 0.15) is 0 Å². The van der Waals surface area contributed by atoms with Crippen LogP contribution in [0.2, 0.25) is 0 Å². The number of rotatable bonds is 0. The number of hydrogen-bond acceptors (Lipinski definition) is 1. The predicted octanol–water partition coefficient (Wildman–Crippen LogP) is 1.09. The summed E-state index contributed by atoms with van der Waals surface area (Å²) >= 11 is 0.316. The van der Waals surface area contributed by atoms with Crippen molar-refractivity contribution in [1.29, 1.82) is 0 Å². The first-order valence-electron chi connectivity index (χ1n) is 2.69. The minimum absolute atomic E-state index is 0.316. The summed E-state index contributed by atoms with van der Waals surface area (Å²) in [6, 6.07) is 8.22. The summed E-state index contributed by atoms with van der Waals surface area (Å²) in [4.78, 5) is 0. The van der Waals surface area contributed by atoms with Crippen molar-refractivity contribution in [2.45, 2.75) is 0 Å². The molecule has 2 heteroatoms. The Morgan fingerprint density at radius 2 is 2.22 bits per heavy atom. The van der Waals surface area contributed by atoms with Gasteiger partial charge in [-0.3, -0.25) is 0 Å². The fraction of sp³-hybridized carbons (Fsp3) is 0. The molecule has 0 aliphatic carbocycles. The Balaban J connectivity index is 2.95. The summed E-state index contributed by atoms with van der Waals surface area (Å²) in [5, 5.41) is 1.18. The Hall–Kier alpha value is -0.591. The first kappa shape index (κ1) is 5.21. The molecule has 0 unspecified atom stereocenters. The van der Waals surface area contributed by atoms with E-state index in [1.165, 1.54) is 9.65 Å². The fourth-order valence-electron chi connectivity index (χ4n) is 0.760. The van der Waals surface area contributed by atoms with Crippen molar-refractivity contribution < 1.29 is 0 Å². The van der Waals surface area contributed by atoms with Crippen molar-refractivity contribution in [2.24, 2.45) is 0 Å². The molecule has 0 bridgehead atoms. The summed E-state index contributed by atoms with van der Waals surface area (Å²) in [5.74, 6) is 0. The number of hydrogen-bond donors (Lipinski definition) is 0. The van der Waals surface area contributed by atoms with Crippen molar-refractivity contribution in [3.63, 3.8) is 0 Å². The maximum atomic E-state index is 4.06. The summed E-state index contributed by atoms with van der Waals surface area (Å²) in [5.41, 5.74) is 0. The van der Waals surface area contributed by atoms with Gasteiger partial charge in [0.15, 0.2) is 0 Å². The van der Waals surface area contributed by atoms with Crippen LogP contribution in [0.1, 0.15) is 0 Å². The van der Waals surface area contributed by atoms with Gasteiger partial charge in [0.05, 0.1) is 0 Å². The second-order valence-electron chi connectivity index (χ2n) is 1.79. The molecule has 0 amide bonds. The SMILES string of the molecule is [c]1n[se]c2ccccc12. The maximum absolute atomic E-state index is 4.06. The molecule has 0 saturated carbocycles. The van der Waals surface area contributed by atoms with Crippen LogP contribution in [0.15, 0.2) is 24.3 Å². The van der Waals surface area contributed by atoms with Crippen molar-refractivity contribution in [3.8, 4) is 0 Å². The van der Waals surface area contributed by atoms with Crippen molar-refractivity contribution in [1.82, 2.24) is 3.98 Å². The van der Waals surface area contributed by atoms with Gasteiger partial charge in [-0.15, -0.1) is 0 Å². The van der Waals surface area contributed by atoms with E-state index in [-0.39, 0.29) is 0 Å². The Bertz CT molecular complexity index is 283. The number of fused-ring (bicyclic) bond motifs is 1. The molecule has 0 saturated heterocycles. The molecule has 43 valence electrons. The van der Waals surface area contributed by atoms with Crippen molar-refractivity contribution in [2.75, 3.05) is 0 Å². The zero-order valence-corrected chi connectivity index (χ0v) is 6.38. The standard InChI is InChI=1S/C7H4NSe/c1-2-4-7-6(3-1)5-8-9-7/h1-4H. The second kappa shape index (κ2) is 1.98. The van der Waals surface area contributed by atoms with E-state index in [1.807, 2.05) is 18.2 Å². The zero-order valence-electron chi connectivity index (χ0n) is 4.66. The van der Waals surface area contributed by atoms with E-state index >= 15 is 0 Å². The average molecular weight is 181 g/mol. The van der Waals surface area contributed by atoms with Gasteiger partial charge in [-0.05, 0) is 0 Å². The third-order valence-electron chi connectivity index (χ3n) is 1.20. The van der Waals surface area contributed by atoms with E-state index in [0.717, 1.165) is 0 Å². The average Bonchev–Trinajstić information content (AvgIpc) is 2.33. The van der Waals surface area contributed by atoms with Crippen LogP contribution >= 0.6 is 0 Å². The van der Waals surface area contributed by atoms with E-state index in [2.05, 4.69) is 16.2 Å². The summed E-state index contributed by atoms with van der Waals surface area (Å²) in [7, 11) is 0. The summed E-state index contributed by atoms with van der Waals surface area (Å²) in [6.45, 7) is 0. The van der Waals surface area contributed by atoms with Gasteiger partial charge in [-0.1, -0.05) is 0 Å². The van der Waals surface area contributed by atoms with E-state index in [4.69, 9.17) is 0 Å². The molecular weight excluding hydrogens is 177 g/mol. The number of aromatic nitrogens is 1. The number of nitrogens with zero attached hydrogens (tertiary/aromatic N) is 1. The first-order chi connectivity index (χ1) is 4.47. The molecule has 2 aromatic rings. The molecular formula is C7H4NSe. The zero-order chi connectivity index (χ0) is 6.10. The van der Waals surface area contributed by atoms with Gasteiger partial charge in [-0.25, -0.2) is 0 Å². The molecule has 0 aliphatic rings. The molecule has 0 atom stereocenters. The molecule has 9 heavy (non-hydrogen) atoms. The van der Waals surface area contributed by atoms with Crippen LogP contribution in [-0.4, -0.2) is 18.7 Å². The Kier molecular flexibility index (Phi) is 1.15. The van der Waals surface area contributed by atoms with Gasteiger partial charge in [0.2, 0.25) is 0 Å². The van der Waals surface area contributed by atoms with E-state index in [9.17, 15) is 0 Å². The van der Waals surface area contributed by atoms with Crippen LogP contribution in [0.5, 0.6) is 0 Å². The molecule has 0 aliphatic heterocycles. The Morgan fingerprint density at radius 3 is 3.11 bits per heavy atom. The van der Waals surface area contributed by atoms with Gasteiger partial charge in [0, 0.05) is 0 Å². The van der Waals surface area contributed by atoms with Gasteiger partial charge in [-0.2, -0.15) is 0 Å². The van der Waals surface area contributed by atoms with Crippen LogP contribution in [0.4, 0.5) is 0 Å². The normalized spacial score (nSPS) is 10.2. The third kappa shape index (κ3) is 0.805. The monoisotopic (exact) mass is 182 g/mol. The topological polar surface area (TPSA) is 12.9 Å². The van der Waals surface area contributed by atoms with Crippen LogP contribution < -0.4 is 0 Å². The quantitative estimate of drug-likeness (QED) is 0.554. The molecule has 0 spiro atoms. The van der Waals surface area contributed by atoms with Crippen LogP contribution in [0.25, 0.3) is 9.65 Å². The molecule has 1 heterocycles. The summed E-state index contributed by atoms with van der Waals surface area (Å²) in [6.07, 6.45) is 2.95. The minimum atomic E-state index is 0.316. The number of benzene rings is 1. The Labute approximate surface area is 59.3 Å². The molecule has 1 nitrogen and oxygen atoms in total. The van der Waals surface area contributed by atoms with E-state index < -0.39 is 0 Å². The molecule has 1 aromatic carbocycles. The molecule has 1 radical (unpaired) electrons. The van der Waals surface area contributed by atoms with Crippen LogP contribution in [0, 0.1) is 6.20 Å². The van der Waals surface area contributed by atoms with Crippen molar-refractivity contribution >= 4 is 24.4 Å². The molecule has 1 aromatic heterocycles. The van der Waals surface area contributed by atoms with Gasteiger partial charge < -0.3 is 0 Å². The fourth-order valence-corrected chi connectivity index (χ4v) is 2.01. The van der Waals surface area contributed by atoms with Gasteiger partial charge >= 0.3 is 58.8 Å². The second-order valence-corrected chi connectivity index (χ2v) is 3.48. The molecule has 2 rings (SSSR count).